The molecule has 0 aliphatic carbocycles. The summed E-state index contributed by atoms with van der Waals surface area (Å²) in [5, 5.41) is 4.73. The number of para-hydroxylation sites is 1. The Balaban J connectivity index is 1.62. The van der Waals surface area contributed by atoms with Crippen molar-refractivity contribution in [3.8, 4) is 5.69 Å². The van der Waals surface area contributed by atoms with Crippen LogP contribution in [0.1, 0.15) is 23.9 Å². The minimum atomic E-state index is 0.528. The fourth-order valence-corrected chi connectivity index (χ4v) is 3.10. The van der Waals surface area contributed by atoms with E-state index in [2.05, 4.69) is 53.4 Å². The van der Waals surface area contributed by atoms with E-state index in [9.17, 15) is 0 Å². The minimum absolute atomic E-state index is 0.528. The first-order valence-corrected chi connectivity index (χ1v) is 7.49. The summed E-state index contributed by atoms with van der Waals surface area (Å²) in [5.41, 5.74) is 2.52. The highest BCUT2D eigenvalue weighted by Gasteiger charge is 2.31. The van der Waals surface area contributed by atoms with Crippen LogP contribution < -0.4 is 4.57 Å². The number of aryl methyl sites for hydroxylation is 1. The zero-order valence-corrected chi connectivity index (χ0v) is 11.9. The number of nitrogens with zero attached hydrogens (tertiary/aromatic N) is 3. The zero-order chi connectivity index (χ0) is 14.1. The first kappa shape index (κ1) is 12.3. The topological polar surface area (TPSA) is 21.7 Å². The maximum Gasteiger partial charge on any atom is 0.278 e. The predicted octanol–water partition coefficient (Wildman–Crippen LogP) is 2.89. The summed E-state index contributed by atoms with van der Waals surface area (Å²) >= 11 is 0. The molecule has 21 heavy (non-hydrogen) atoms. The Morgan fingerprint density at radius 3 is 2.48 bits per heavy atom. The van der Waals surface area contributed by atoms with Gasteiger partial charge in [0.2, 0.25) is 6.33 Å². The average Bonchev–Trinajstić information content (AvgIpc) is 3.11. The van der Waals surface area contributed by atoms with E-state index < -0.39 is 0 Å². The van der Waals surface area contributed by atoms with E-state index in [-0.39, 0.29) is 0 Å². The Kier molecular flexibility index (Phi) is 3.03. The maximum absolute atomic E-state index is 4.73. The second-order valence-corrected chi connectivity index (χ2v) is 5.60. The molecule has 1 aromatic heterocycles. The molecule has 104 valence electrons. The molecule has 0 spiro atoms. The van der Waals surface area contributed by atoms with Crippen LogP contribution in [0.4, 0.5) is 0 Å². The van der Waals surface area contributed by atoms with Gasteiger partial charge in [-0.25, -0.2) is 4.57 Å². The van der Waals surface area contributed by atoms with Gasteiger partial charge in [-0.15, -0.1) is 0 Å². The number of hydrogen-bond acceptors (Lipinski definition) is 1. The largest absolute Gasteiger partial charge is 0.278 e. The lowest BCUT2D eigenvalue weighted by Crippen LogP contribution is -2.37. The SMILES string of the molecule is c1ccc(C[C@H]2CCc3nn(-c4ccccc4)c[n+]32)cc1. The third kappa shape index (κ3) is 2.35. The van der Waals surface area contributed by atoms with E-state index in [1.54, 1.807) is 0 Å². The van der Waals surface area contributed by atoms with Gasteiger partial charge >= 0.3 is 0 Å². The monoisotopic (exact) mass is 276 g/mol. The number of fused-ring (bicyclic) bond motifs is 1. The smallest absolute Gasteiger partial charge is 0.231 e. The van der Waals surface area contributed by atoms with Crippen molar-refractivity contribution < 1.29 is 4.57 Å². The molecule has 0 amide bonds. The quantitative estimate of drug-likeness (QED) is 0.674. The lowest BCUT2D eigenvalue weighted by molar-refractivity contribution is -0.716. The maximum atomic E-state index is 4.73. The molecular formula is C18H18N3+. The van der Waals surface area contributed by atoms with E-state index in [4.69, 9.17) is 5.10 Å². The molecule has 4 rings (SSSR count). The zero-order valence-electron chi connectivity index (χ0n) is 11.9. The van der Waals surface area contributed by atoms with Crippen molar-refractivity contribution in [1.29, 1.82) is 0 Å². The molecular weight excluding hydrogens is 258 g/mol. The molecule has 0 fully saturated rings. The van der Waals surface area contributed by atoms with Crippen molar-refractivity contribution in [2.45, 2.75) is 25.3 Å². The lowest BCUT2D eigenvalue weighted by Gasteiger charge is -2.08. The van der Waals surface area contributed by atoms with Crippen LogP contribution in [0, 0.1) is 0 Å². The molecule has 1 aliphatic heterocycles. The summed E-state index contributed by atoms with van der Waals surface area (Å²) in [4.78, 5) is 0. The Labute approximate surface area is 124 Å². The Hall–Kier alpha value is -2.42. The molecule has 1 atom stereocenters. The van der Waals surface area contributed by atoms with Gasteiger partial charge in [0.1, 0.15) is 5.69 Å². The van der Waals surface area contributed by atoms with Gasteiger partial charge in [0.15, 0.2) is 0 Å². The summed E-state index contributed by atoms with van der Waals surface area (Å²) in [7, 11) is 0. The van der Waals surface area contributed by atoms with E-state index in [0.29, 0.717) is 6.04 Å². The van der Waals surface area contributed by atoms with E-state index in [1.807, 2.05) is 22.9 Å². The van der Waals surface area contributed by atoms with Gasteiger partial charge in [-0.3, -0.25) is 0 Å². The molecule has 2 heterocycles. The third-order valence-electron chi connectivity index (χ3n) is 4.18. The van der Waals surface area contributed by atoms with E-state index in [1.165, 1.54) is 17.8 Å². The number of aromatic nitrogens is 3. The van der Waals surface area contributed by atoms with E-state index in [0.717, 1.165) is 18.5 Å². The fourth-order valence-electron chi connectivity index (χ4n) is 3.10. The second-order valence-electron chi connectivity index (χ2n) is 5.60. The molecule has 1 aliphatic rings. The summed E-state index contributed by atoms with van der Waals surface area (Å²) in [6, 6.07) is 21.6. The Morgan fingerprint density at radius 2 is 1.71 bits per heavy atom. The first-order valence-electron chi connectivity index (χ1n) is 7.49. The summed E-state index contributed by atoms with van der Waals surface area (Å²) in [5.74, 6) is 1.19. The number of benzene rings is 2. The van der Waals surface area contributed by atoms with Gasteiger partial charge < -0.3 is 0 Å². The molecule has 0 saturated carbocycles. The van der Waals surface area contributed by atoms with Crippen molar-refractivity contribution >= 4 is 0 Å². The standard InChI is InChI=1S/C18H18N3/c1-3-7-15(8-4-1)13-17-11-12-18-19-21(14-20(17)18)16-9-5-2-6-10-16/h1-10,14,17H,11-13H2/q+1/t17-/m1/s1. The van der Waals surface area contributed by atoms with Gasteiger partial charge in [-0.1, -0.05) is 53.2 Å². The normalized spacial score (nSPS) is 16.9. The van der Waals surface area contributed by atoms with E-state index >= 15 is 0 Å². The number of hydrogen-bond donors (Lipinski definition) is 0. The summed E-state index contributed by atoms with van der Waals surface area (Å²) in [6.45, 7) is 0. The Morgan fingerprint density at radius 1 is 1.00 bits per heavy atom. The van der Waals surface area contributed by atoms with Crippen molar-refractivity contribution in [1.82, 2.24) is 9.78 Å². The van der Waals surface area contributed by atoms with Crippen LogP contribution >= 0.6 is 0 Å². The molecule has 0 radical (unpaired) electrons. The fraction of sp³-hybridized carbons (Fsp3) is 0.222. The van der Waals surface area contributed by atoms with Crippen LogP contribution in [0.25, 0.3) is 5.69 Å². The lowest BCUT2D eigenvalue weighted by atomic mass is 10.0. The summed E-state index contributed by atoms with van der Waals surface area (Å²) < 4.78 is 4.34. The van der Waals surface area contributed by atoms with Gasteiger partial charge in [-0.2, -0.15) is 0 Å². The van der Waals surface area contributed by atoms with Crippen molar-refractivity contribution in [3.63, 3.8) is 0 Å². The van der Waals surface area contributed by atoms with Crippen LogP contribution in [0.2, 0.25) is 0 Å². The molecule has 3 nitrogen and oxygen atoms in total. The molecule has 0 unspecified atom stereocenters. The van der Waals surface area contributed by atoms with Crippen molar-refractivity contribution in [2.75, 3.05) is 0 Å². The molecule has 2 aromatic carbocycles. The Bertz CT molecular complexity index is 732. The van der Waals surface area contributed by atoms with Crippen LogP contribution in [-0.4, -0.2) is 9.78 Å². The number of rotatable bonds is 3. The van der Waals surface area contributed by atoms with Gasteiger partial charge in [0.05, 0.1) is 6.04 Å². The highest BCUT2D eigenvalue weighted by atomic mass is 15.4. The molecule has 0 N–H and O–H groups in total. The van der Waals surface area contributed by atoms with Crippen LogP contribution in [-0.2, 0) is 12.8 Å². The average molecular weight is 276 g/mol. The van der Waals surface area contributed by atoms with Gasteiger partial charge in [-0.05, 0) is 24.1 Å². The highest BCUT2D eigenvalue weighted by Crippen LogP contribution is 2.21. The van der Waals surface area contributed by atoms with Crippen LogP contribution in [0.3, 0.4) is 0 Å². The molecule has 0 saturated heterocycles. The minimum Gasteiger partial charge on any atom is -0.231 e. The van der Waals surface area contributed by atoms with Crippen molar-refractivity contribution in [2.24, 2.45) is 0 Å². The van der Waals surface area contributed by atoms with Crippen molar-refractivity contribution in [3.05, 3.63) is 78.4 Å². The third-order valence-corrected chi connectivity index (χ3v) is 4.18. The summed E-state index contributed by atoms with van der Waals surface area (Å²) in [6.07, 6.45) is 5.48. The van der Waals surface area contributed by atoms with Crippen LogP contribution in [0.15, 0.2) is 67.0 Å². The second kappa shape index (κ2) is 5.17. The highest BCUT2D eigenvalue weighted by molar-refractivity contribution is 5.29. The predicted molar refractivity (Wildman–Crippen MR) is 81.3 cm³/mol. The molecule has 3 aromatic rings. The van der Waals surface area contributed by atoms with Gasteiger partial charge in [0, 0.05) is 17.9 Å². The molecule has 3 heteroatoms. The van der Waals surface area contributed by atoms with Gasteiger partial charge in [0.25, 0.3) is 5.82 Å². The first-order chi connectivity index (χ1) is 10.4. The molecule has 0 bridgehead atoms. The van der Waals surface area contributed by atoms with Crippen LogP contribution in [0.5, 0.6) is 0 Å².